The Morgan fingerprint density at radius 1 is 1.24 bits per heavy atom. The fourth-order valence-corrected chi connectivity index (χ4v) is 3.30. The quantitative estimate of drug-likeness (QED) is 0.492. The molecule has 0 saturated heterocycles. The van der Waals surface area contributed by atoms with E-state index in [9.17, 15) is 0 Å². The molecule has 0 spiro atoms. The molecule has 0 radical (unpaired) electrons. The van der Waals surface area contributed by atoms with Crippen molar-refractivity contribution in [2.45, 2.75) is 18.2 Å². The highest BCUT2D eigenvalue weighted by Crippen LogP contribution is 2.25. The highest BCUT2D eigenvalue weighted by molar-refractivity contribution is 7.99. The van der Waals surface area contributed by atoms with Gasteiger partial charge in [0.2, 0.25) is 5.16 Å². The van der Waals surface area contributed by atoms with Crippen LogP contribution >= 0.6 is 11.8 Å². The molecule has 0 fully saturated rings. The third kappa shape index (κ3) is 3.44. The number of aromatic nitrogens is 7. The van der Waals surface area contributed by atoms with E-state index in [0.717, 1.165) is 59.0 Å². The number of nitrogens with zero attached hydrogens (tertiary/aromatic N) is 7. The predicted molar refractivity (Wildman–Crippen MR) is 93.8 cm³/mol. The van der Waals surface area contributed by atoms with Crippen molar-refractivity contribution in [3.05, 3.63) is 35.8 Å². The first kappa shape index (κ1) is 15.9. The second-order valence-corrected chi connectivity index (χ2v) is 6.58. The maximum Gasteiger partial charge on any atom is 0.209 e. The van der Waals surface area contributed by atoms with E-state index in [0.29, 0.717) is 0 Å². The SMILES string of the molecule is Cn1nnnc1SCCNc1nc(-c2ccncc2)nc2c1CNC2. The van der Waals surface area contributed by atoms with E-state index in [4.69, 9.17) is 4.98 Å². The Morgan fingerprint density at radius 2 is 2.12 bits per heavy atom. The molecule has 0 amide bonds. The predicted octanol–water partition coefficient (Wildman–Crippen LogP) is 0.869. The minimum absolute atomic E-state index is 0.720. The van der Waals surface area contributed by atoms with Crippen molar-refractivity contribution in [3.8, 4) is 11.4 Å². The van der Waals surface area contributed by atoms with Crippen molar-refractivity contribution in [3.63, 3.8) is 0 Å². The van der Waals surface area contributed by atoms with Crippen molar-refractivity contribution < 1.29 is 0 Å². The molecule has 0 atom stereocenters. The van der Waals surface area contributed by atoms with Gasteiger partial charge in [-0.2, -0.15) is 0 Å². The average molecular weight is 355 g/mol. The number of fused-ring (bicyclic) bond motifs is 1. The van der Waals surface area contributed by atoms with E-state index in [2.05, 4.69) is 36.1 Å². The van der Waals surface area contributed by atoms with Crippen LogP contribution in [-0.2, 0) is 20.1 Å². The van der Waals surface area contributed by atoms with Gasteiger partial charge in [-0.05, 0) is 22.6 Å². The van der Waals surface area contributed by atoms with E-state index in [1.807, 2.05) is 19.2 Å². The van der Waals surface area contributed by atoms with Gasteiger partial charge in [-0.15, -0.1) is 5.10 Å². The lowest BCUT2D eigenvalue weighted by Gasteiger charge is -2.11. The minimum Gasteiger partial charge on any atom is -0.369 e. The van der Waals surface area contributed by atoms with Crippen molar-refractivity contribution in [2.75, 3.05) is 17.6 Å². The summed E-state index contributed by atoms with van der Waals surface area (Å²) in [5.41, 5.74) is 3.16. The van der Waals surface area contributed by atoms with Gasteiger partial charge >= 0.3 is 0 Å². The lowest BCUT2D eigenvalue weighted by Crippen LogP contribution is -2.11. The molecule has 0 bridgehead atoms. The Morgan fingerprint density at radius 3 is 2.92 bits per heavy atom. The Balaban J connectivity index is 1.49. The minimum atomic E-state index is 0.720. The summed E-state index contributed by atoms with van der Waals surface area (Å²) < 4.78 is 1.67. The molecule has 0 aliphatic carbocycles. The van der Waals surface area contributed by atoms with Crippen LogP contribution in [-0.4, -0.2) is 47.5 Å². The molecular formula is C15H17N9S. The highest BCUT2D eigenvalue weighted by Gasteiger charge is 2.19. The summed E-state index contributed by atoms with van der Waals surface area (Å²) in [6.07, 6.45) is 3.51. The van der Waals surface area contributed by atoms with Gasteiger partial charge in [0, 0.05) is 56.0 Å². The van der Waals surface area contributed by atoms with E-state index < -0.39 is 0 Å². The largest absolute Gasteiger partial charge is 0.369 e. The number of nitrogens with one attached hydrogen (secondary N) is 2. The lowest BCUT2D eigenvalue weighted by atomic mass is 10.2. The zero-order valence-electron chi connectivity index (χ0n) is 13.7. The number of thioether (sulfide) groups is 1. The summed E-state index contributed by atoms with van der Waals surface area (Å²) in [7, 11) is 1.83. The van der Waals surface area contributed by atoms with Gasteiger partial charge in [-0.25, -0.2) is 14.6 Å². The molecule has 2 N–H and O–H groups in total. The van der Waals surface area contributed by atoms with Crippen LogP contribution in [0.1, 0.15) is 11.3 Å². The topological polar surface area (TPSA) is 106 Å². The van der Waals surface area contributed by atoms with Crippen LogP contribution < -0.4 is 10.6 Å². The molecular weight excluding hydrogens is 338 g/mol. The second kappa shape index (κ2) is 7.11. The van der Waals surface area contributed by atoms with Crippen LogP contribution in [0.4, 0.5) is 5.82 Å². The summed E-state index contributed by atoms with van der Waals surface area (Å²) in [6.45, 7) is 2.31. The molecule has 4 heterocycles. The zero-order chi connectivity index (χ0) is 17.1. The second-order valence-electron chi connectivity index (χ2n) is 5.52. The Labute approximate surface area is 148 Å². The van der Waals surface area contributed by atoms with Crippen LogP contribution in [0.2, 0.25) is 0 Å². The van der Waals surface area contributed by atoms with E-state index in [1.54, 1.807) is 28.8 Å². The molecule has 9 nitrogen and oxygen atoms in total. The van der Waals surface area contributed by atoms with E-state index in [-0.39, 0.29) is 0 Å². The van der Waals surface area contributed by atoms with Gasteiger partial charge in [0.05, 0.1) is 5.69 Å². The Kier molecular flexibility index (Phi) is 4.53. The highest BCUT2D eigenvalue weighted by atomic mass is 32.2. The fourth-order valence-electron chi connectivity index (χ4n) is 2.60. The summed E-state index contributed by atoms with van der Waals surface area (Å²) in [6, 6.07) is 3.84. The number of aryl methyl sites for hydroxylation is 1. The van der Waals surface area contributed by atoms with Crippen LogP contribution in [0, 0.1) is 0 Å². The number of pyridine rings is 1. The molecule has 3 aromatic heterocycles. The standard InChI is InChI=1S/C15H17N9S/c1-24-15(21-22-23-24)25-7-6-18-14-11-8-17-9-12(11)19-13(20-14)10-2-4-16-5-3-10/h2-5,17H,6-9H2,1H3,(H,18,19,20). The average Bonchev–Trinajstić information content (AvgIpc) is 3.28. The first-order valence-corrected chi connectivity index (χ1v) is 8.90. The third-order valence-electron chi connectivity index (χ3n) is 3.83. The van der Waals surface area contributed by atoms with Crippen LogP contribution in [0.25, 0.3) is 11.4 Å². The molecule has 3 aromatic rings. The van der Waals surface area contributed by atoms with Crippen molar-refractivity contribution in [1.82, 2.24) is 40.5 Å². The summed E-state index contributed by atoms with van der Waals surface area (Å²) >= 11 is 1.60. The molecule has 0 unspecified atom stereocenters. The van der Waals surface area contributed by atoms with Crippen molar-refractivity contribution in [2.24, 2.45) is 7.05 Å². The summed E-state index contributed by atoms with van der Waals surface area (Å²) in [4.78, 5) is 13.5. The van der Waals surface area contributed by atoms with Crippen LogP contribution in [0.15, 0.2) is 29.7 Å². The zero-order valence-corrected chi connectivity index (χ0v) is 14.5. The first-order chi connectivity index (χ1) is 12.3. The van der Waals surface area contributed by atoms with E-state index in [1.165, 1.54) is 0 Å². The number of rotatable bonds is 6. The van der Waals surface area contributed by atoms with Gasteiger partial charge < -0.3 is 10.6 Å². The van der Waals surface area contributed by atoms with Crippen LogP contribution in [0.5, 0.6) is 0 Å². The fraction of sp³-hybridized carbons (Fsp3) is 0.333. The van der Waals surface area contributed by atoms with Gasteiger partial charge in [-0.3, -0.25) is 4.98 Å². The van der Waals surface area contributed by atoms with Gasteiger partial charge in [0.25, 0.3) is 0 Å². The number of tetrazole rings is 1. The molecule has 0 saturated carbocycles. The molecule has 25 heavy (non-hydrogen) atoms. The van der Waals surface area contributed by atoms with Crippen LogP contribution in [0.3, 0.4) is 0 Å². The number of anilines is 1. The summed E-state index contributed by atoms with van der Waals surface area (Å²) in [5.74, 6) is 2.45. The van der Waals surface area contributed by atoms with Gasteiger partial charge in [-0.1, -0.05) is 11.8 Å². The molecule has 128 valence electrons. The van der Waals surface area contributed by atoms with Crippen molar-refractivity contribution in [1.29, 1.82) is 0 Å². The molecule has 1 aliphatic rings. The first-order valence-electron chi connectivity index (χ1n) is 7.91. The maximum absolute atomic E-state index is 4.72. The van der Waals surface area contributed by atoms with E-state index >= 15 is 0 Å². The third-order valence-corrected chi connectivity index (χ3v) is 4.84. The monoisotopic (exact) mass is 355 g/mol. The van der Waals surface area contributed by atoms with Gasteiger partial charge in [0.15, 0.2) is 5.82 Å². The number of hydrogen-bond acceptors (Lipinski definition) is 9. The van der Waals surface area contributed by atoms with Crippen molar-refractivity contribution >= 4 is 17.6 Å². The Hall–Kier alpha value is -2.59. The maximum atomic E-state index is 4.72. The summed E-state index contributed by atoms with van der Waals surface area (Å²) in [5, 5.41) is 19.0. The number of hydrogen-bond donors (Lipinski definition) is 2. The smallest absolute Gasteiger partial charge is 0.209 e. The molecule has 10 heteroatoms. The molecule has 4 rings (SSSR count). The normalized spacial score (nSPS) is 13.0. The molecule has 0 aromatic carbocycles. The van der Waals surface area contributed by atoms with Gasteiger partial charge in [0.1, 0.15) is 5.82 Å². The Bertz CT molecular complexity index is 865. The lowest BCUT2D eigenvalue weighted by molar-refractivity contribution is 0.664. The molecule has 1 aliphatic heterocycles.